The molecule has 0 radical (unpaired) electrons. The van der Waals surface area contributed by atoms with Gasteiger partial charge in [0.1, 0.15) is 0 Å². The van der Waals surface area contributed by atoms with Gasteiger partial charge in [-0.3, -0.25) is 0 Å². The van der Waals surface area contributed by atoms with Crippen LogP contribution < -0.4 is 0 Å². The molecule has 3 aliphatic rings. The Bertz CT molecular complexity index is 309. The second-order valence-electron chi connectivity index (χ2n) is 4.16. The molecule has 0 amide bonds. The van der Waals surface area contributed by atoms with E-state index >= 15 is 0 Å². The largest absolute Gasteiger partial charge is 0.381 e. The molecule has 1 heteroatoms. The molecule has 2 aliphatic carbocycles. The Morgan fingerprint density at radius 1 is 1.38 bits per heavy atom. The van der Waals surface area contributed by atoms with Crippen molar-refractivity contribution in [3.05, 3.63) is 35.5 Å². The highest BCUT2D eigenvalue weighted by Gasteiger charge is 2.30. The number of rotatable bonds is 0. The fourth-order valence-electron chi connectivity index (χ4n) is 2.58. The van der Waals surface area contributed by atoms with Crippen LogP contribution in [0, 0.1) is 11.8 Å². The molecular formula is C12H14O. The van der Waals surface area contributed by atoms with E-state index in [0.717, 1.165) is 25.0 Å². The molecule has 0 aromatic heterocycles. The third-order valence-corrected chi connectivity index (χ3v) is 3.35. The standard InChI is InChI=1S/C12H14O/c1-2-9-6-11-4-5-13-8-12(11)7-10(9)3-1/h1-3,6,11-12H,4-5,7-8H2. The van der Waals surface area contributed by atoms with Crippen LogP contribution in [0.1, 0.15) is 12.8 Å². The molecule has 1 heterocycles. The zero-order chi connectivity index (χ0) is 8.67. The highest BCUT2D eigenvalue weighted by Crippen LogP contribution is 2.39. The smallest absolute Gasteiger partial charge is 0.0503 e. The van der Waals surface area contributed by atoms with Gasteiger partial charge >= 0.3 is 0 Å². The zero-order valence-corrected chi connectivity index (χ0v) is 7.70. The molecule has 1 fully saturated rings. The van der Waals surface area contributed by atoms with Crippen molar-refractivity contribution in [2.45, 2.75) is 12.8 Å². The normalized spacial score (nSPS) is 36.3. The molecular weight excluding hydrogens is 160 g/mol. The predicted octanol–water partition coefficient (Wildman–Crippen LogP) is 2.47. The van der Waals surface area contributed by atoms with Crippen molar-refractivity contribution in [2.75, 3.05) is 13.2 Å². The first-order valence-electron chi connectivity index (χ1n) is 5.11. The summed E-state index contributed by atoms with van der Waals surface area (Å²) in [5.74, 6) is 1.53. The molecule has 0 saturated carbocycles. The van der Waals surface area contributed by atoms with Crippen LogP contribution in [-0.4, -0.2) is 13.2 Å². The topological polar surface area (TPSA) is 9.23 Å². The van der Waals surface area contributed by atoms with Gasteiger partial charge in [0.2, 0.25) is 0 Å². The van der Waals surface area contributed by atoms with Gasteiger partial charge in [-0.05, 0) is 35.8 Å². The molecule has 68 valence electrons. The van der Waals surface area contributed by atoms with E-state index in [0.29, 0.717) is 0 Å². The maximum atomic E-state index is 5.51. The SMILES string of the molecule is C1=CC2=CC3CCOCC3CC2=C1. The van der Waals surface area contributed by atoms with Crippen molar-refractivity contribution in [3.8, 4) is 0 Å². The van der Waals surface area contributed by atoms with Crippen LogP contribution in [0.15, 0.2) is 35.5 Å². The van der Waals surface area contributed by atoms with Gasteiger partial charge in [-0.1, -0.05) is 24.3 Å². The molecule has 1 aliphatic heterocycles. The molecule has 1 saturated heterocycles. The van der Waals surface area contributed by atoms with E-state index in [2.05, 4.69) is 24.3 Å². The lowest BCUT2D eigenvalue weighted by Crippen LogP contribution is -2.29. The first-order chi connectivity index (χ1) is 6.43. The van der Waals surface area contributed by atoms with E-state index in [1.165, 1.54) is 24.0 Å². The van der Waals surface area contributed by atoms with E-state index in [4.69, 9.17) is 4.74 Å². The molecule has 2 atom stereocenters. The average Bonchev–Trinajstić information content (AvgIpc) is 2.61. The maximum absolute atomic E-state index is 5.51. The number of hydrogen-bond acceptors (Lipinski definition) is 1. The van der Waals surface area contributed by atoms with Gasteiger partial charge in [0, 0.05) is 6.61 Å². The van der Waals surface area contributed by atoms with Crippen molar-refractivity contribution in [1.29, 1.82) is 0 Å². The molecule has 0 aromatic carbocycles. The van der Waals surface area contributed by atoms with Crippen molar-refractivity contribution in [2.24, 2.45) is 11.8 Å². The number of ether oxygens (including phenoxy) is 1. The van der Waals surface area contributed by atoms with E-state index in [-0.39, 0.29) is 0 Å². The number of hydrogen-bond donors (Lipinski definition) is 0. The van der Waals surface area contributed by atoms with E-state index < -0.39 is 0 Å². The van der Waals surface area contributed by atoms with Crippen LogP contribution in [0.2, 0.25) is 0 Å². The molecule has 0 aromatic rings. The summed E-state index contributed by atoms with van der Waals surface area (Å²) in [5, 5.41) is 0. The first-order valence-corrected chi connectivity index (χ1v) is 5.11. The van der Waals surface area contributed by atoms with Gasteiger partial charge in [0.25, 0.3) is 0 Å². The zero-order valence-electron chi connectivity index (χ0n) is 7.70. The first kappa shape index (κ1) is 7.57. The highest BCUT2D eigenvalue weighted by molar-refractivity contribution is 5.50. The molecule has 1 nitrogen and oxygen atoms in total. The summed E-state index contributed by atoms with van der Waals surface area (Å²) in [6.45, 7) is 1.92. The Kier molecular flexibility index (Phi) is 1.66. The fourth-order valence-corrected chi connectivity index (χ4v) is 2.58. The molecule has 13 heavy (non-hydrogen) atoms. The van der Waals surface area contributed by atoms with Gasteiger partial charge in [0.15, 0.2) is 0 Å². The Hall–Kier alpha value is -0.820. The van der Waals surface area contributed by atoms with Gasteiger partial charge in [-0.25, -0.2) is 0 Å². The Morgan fingerprint density at radius 3 is 3.38 bits per heavy atom. The monoisotopic (exact) mass is 174 g/mol. The molecule has 0 spiro atoms. The minimum atomic E-state index is 0.753. The van der Waals surface area contributed by atoms with Crippen molar-refractivity contribution < 1.29 is 4.74 Å². The van der Waals surface area contributed by atoms with Crippen LogP contribution in [0.5, 0.6) is 0 Å². The molecule has 0 N–H and O–H groups in total. The highest BCUT2D eigenvalue weighted by atomic mass is 16.5. The molecule has 2 unspecified atom stereocenters. The van der Waals surface area contributed by atoms with Gasteiger partial charge < -0.3 is 4.74 Å². The Morgan fingerprint density at radius 2 is 2.38 bits per heavy atom. The minimum absolute atomic E-state index is 0.753. The Labute approximate surface area is 78.8 Å². The lowest BCUT2D eigenvalue weighted by atomic mass is 9.77. The van der Waals surface area contributed by atoms with Crippen molar-refractivity contribution in [1.82, 2.24) is 0 Å². The molecule has 3 rings (SSSR count). The van der Waals surface area contributed by atoms with Crippen LogP contribution in [0.3, 0.4) is 0 Å². The quantitative estimate of drug-likeness (QED) is 0.548. The van der Waals surface area contributed by atoms with E-state index in [9.17, 15) is 0 Å². The summed E-state index contributed by atoms with van der Waals surface area (Å²) in [5.41, 5.74) is 3.00. The van der Waals surface area contributed by atoms with Crippen molar-refractivity contribution in [3.63, 3.8) is 0 Å². The second-order valence-corrected chi connectivity index (χ2v) is 4.16. The minimum Gasteiger partial charge on any atom is -0.381 e. The third kappa shape index (κ3) is 1.19. The lowest BCUT2D eigenvalue weighted by Gasteiger charge is -2.34. The summed E-state index contributed by atoms with van der Waals surface area (Å²) >= 11 is 0. The van der Waals surface area contributed by atoms with Crippen LogP contribution in [0.4, 0.5) is 0 Å². The maximum Gasteiger partial charge on any atom is 0.0503 e. The van der Waals surface area contributed by atoms with Gasteiger partial charge in [-0.2, -0.15) is 0 Å². The lowest BCUT2D eigenvalue weighted by molar-refractivity contribution is 0.0297. The average molecular weight is 174 g/mol. The second kappa shape index (κ2) is 2.85. The predicted molar refractivity (Wildman–Crippen MR) is 52.3 cm³/mol. The summed E-state index contributed by atoms with van der Waals surface area (Å²) in [6.07, 6.45) is 11.5. The molecule has 0 bridgehead atoms. The summed E-state index contributed by atoms with van der Waals surface area (Å²) in [7, 11) is 0. The summed E-state index contributed by atoms with van der Waals surface area (Å²) < 4.78 is 5.51. The van der Waals surface area contributed by atoms with Crippen LogP contribution >= 0.6 is 0 Å². The van der Waals surface area contributed by atoms with Crippen molar-refractivity contribution >= 4 is 0 Å². The fraction of sp³-hybridized carbons (Fsp3) is 0.500. The summed E-state index contributed by atoms with van der Waals surface area (Å²) in [6, 6.07) is 0. The van der Waals surface area contributed by atoms with Gasteiger partial charge in [-0.15, -0.1) is 0 Å². The number of allylic oxidation sites excluding steroid dienone is 6. The summed E-state index contributed by atoms with van der Waals surface area (Å²) in [4.78, 5) is 0. The van der Waals surface area contributed by atoms with E-state index in [1.807, 2.05) is 0 Å². The van der Waals surface area contributed by atoms with Gasteiger partial charge in [0.05, 0.1) is 6.61 Å². The van der Waals surface area contributed by atoms with E-state index in [1.54, 1.807) is 0 Å². The van der Waals surface area contributed by atoms with Crippen LogP contribution in [0.25, 0.3) is 0 Å². The third-order valence-electron chi connectivity index (χ3n) is 3.35. The Balaban J connectivity index is 1.92. The van der Waals surface area contributed by atoms with Crippen LogP contribution in [-0.2, 0) is 4.74 Å². The number of fused-ring (bicyclic) bond motifs is 2.